The summed E-state index contributed by atoms with van der Waals surface area (Å²) in [5.74, 6) is 1.78. The Balaban J connectivity index is 2.06. The largest absolute Gasteiger partial charge is 0.497 e. The Hall–Kier alpha value is -1.81. The van der Waals surface area contributed by atoms with E-state index in [1.807, 2.05) is 37.4 Å². The van der Waals surface area contributed by atoms with Crippen LogP contribution in [0.5, 0.6) is 5.75 Å². The number of anilines is 1. The van der Waals surface area contributed by atoms with Crippen molar-refractivity contribution in [1.29, 1.82) is 0 Å². The number of nitrogens with zero attached hydrogens (tertiary/aromatic N) is 1. The molecule has 0 spiro atoms. The maximum atomic E-state index is 5.31. The van der Waals surface area contributed by atoms with Crippen LogP contribution in [0.1, 0.15) is 13.3 Å². The third-order valence-corrected chi connectivity index (χ3v) is 2.93. The number of aromatic nitrogens is 1. The number of pyridine rings is 1. The molecule has 2 aromatic rings. The molecule has 4 heteroatoms. The predicted octanol–water partition coefficient (Wildman–Crippen LogP) is 3.08. The molecule has 0 aliphatic carbocycles. The van der Waals surface area contributed by atoms with Gasteiger partial charge in [-0.3, -0.25) is 0 Å². The zero-order chi connectivity index (χ0) is 13.5. The molecule has 0 aliphatic rings. The Labute approximate surface area is 113 Å². The zero-order valence-electron chi connectivity index (χ0n) is 11.5. The lowest BCUT2D eigenvalue weighted by molar-refractivity contribution is 0.147. The first-order valence-electron chi connectivity index (χ1n) is 6.59. The minimum atomic E-state index is 0.770. The number of methoxy groups -OCH3 is 1. The van der Waals surface area contributed by atoms with E-state index in [2.05, 4.69) is 10.3 Å². The molecule has 4 nitrogen and oxygen atoms in total. The molecule has 0 saturated heterocycles. The van der Waals surface area contributed by atoms with Crippen LogP contribution in [0.25, 0.3) is 10.8 Å². The lowest BCUT2D eigenvalue weighted by Crippen LogP contribution is -2.07. The van der Waals surface area contributed by atoms with Crippen LogP contribution in [0.4, 0.5) is 5.82 Å². The van der Waals surface area contributed by atoms with Gasteiger partial charge in [0.15, 0.2) is 0 Å². The van der Waals surface area contributed by atoms with E-state index in [4.69, 9.17) is 9.47 Å². The van der Waals surface area contributed by atoms with E-state index < -0.39 is 0 Å². The minimum absolute atomic E-state index is 0.770. The molecule has 0 amide bonds. The summed E-state index contributed by atoms with van der Waals surface area (Å²) in [5.41, 5.74) is 0. The van der Waals surface area contributed by atoms with Gasteiger partial charge in [-0.1, -0.05) is 0 Å². The van der Waals surface area contributed by atoms with E-state index in [0.29, 0.717) is 0 Å². The third kappa shape index (κ3) is 3.58. The van der Waals surface area contributed by atoms with Crippen molar-refractivity contribution in [3.8, 4) is 5.75 Å². The van der Waals surface area contributed by atoms with Crippen molar-refractivity contribution in [3.05, 3.63) is 30.5 Å². The molecule has 1 aromatic carbocycles. The summed E-state index contributed by atoms with van der Waals surface area (Å²) in [6, 6.07) is 7.99. The molecule has 102 valence electrons. The van der Waals surface area contributed by atoms with E-state index in [1.165, 1.54) is 0 Å². The van der Waals surface area contributed by atoms with Crippen molar-refractivity contribution in [3.63, 3.8) is 0 Å². The molecule has 0 aliphatic heterocycles. The molecule has 2 rings (SSSR count). The molecule has 0 saturated carbocycles. The van der Waals surface area contributed by atoms with Gasteiger partial charge in [-0.25, -0.2) is 4.98 Å². The maximum absolute atomic E-state index is 5.31. The number of hydrogen-bond acceptors (Lipinski definition) is 4. The second-order valence-electron chi connectivity index (χ2n) is 4.22. The molecule has 0 bridgehead atoms. The number of nitrogens with one attached hydrogen (secondary N) is 1. The van der Waals surface area contributed by atoms with E-state index >= 15 is 0 Å². The lowest BCUT2D eigenvalue weighted by Gasteiger charge is -2.09. The highest BCUT2D eigenvalue weighted by atomic mass is 16.5. The first kappa shape index (κ1) is 13.6. The van der Waals surface area contributed by atoms with Gasteiger partial charge in [0.25, 0.3) is 0 Å². The Morgan fingerprint density at radius 1 is 1.26 bits per heavy atom. The van der Waals surface area contributed by atoms with Gasteiger partial charge in [0.05, 0.1) is 7.11 Å². The monoisotopic (exact) mass is 260 g/mol. The topological polar surface area (TPSA) is 43.4 Å². The van der Waals surface area contributed by atoms with Crippen LogP contribution in [0.2, 0.25) is 0 Å². The first-order valence-corrected chi connectivity index (χ1v) is 6.59. The van der Waals surface area contributed by atoms with E-state index in [9.17, 15) is 0 Å². The van der Waals surface area contributed by atoms with Gasteiger partial charge in [-0.05, 0) is 43.0 Å². The fourth-order valence-corrected chi connectivity index (χ4v) is 1.95. The maximum Gasteiger partial charge on any atom is 0.133 e. The summed E-state index contributed by atoms with van der Waals surface area (Å²) in [4.78, 5) is 4.39. The standard InChI is InChI=1S/C15H20N2O2/c1-3-19-10-4-8-16-15-14-6-5-13(18-2)11-12(14)7-9-17-15/h5-7,9,11H,3-4,8,10H2,1-2H3,(H,16,17). The van der Waals surface area contributed by atoms with Crippen molar-refractivity contribution < 1.29 is 9.47 Å². The molecule has 1 aromatic heterocycles. The molecule has 0 radical (unpaired) electrons. The fourth-order valence-electron chi connectivity index (χ4n) is 1.95. The number of hydrogen-bond donors (Lipinski definition) is 1. The Bertz CT molecular complexity index is 529. The summed E-state index contributed by atoms with van der Waals surface area (Å²) < 4.78 is 10.5. The number of benzene rings is 1. The van der Waals surface area contributed by atoms with Crippen LogP contribution >= 0.6 is 0 Å². The molecule has 0 unspecified atom stereocenters. The molecule has 0 atom stereocenters. The van der Waals surface area contributed by atoms with Crippen LogP contribution in [-0.2, 0) is 4.74 Å². The van der Waals surface area contributed by atoms with E-state index in [-0.39, 0.29) is 0 Å². The molecular weight excluding hydrogens is 240 g/mol. The second kappa shape index (κ2) is 6.95. The highest BCUT2D eigenvalue weighted by molar-refractivity contribution is 5.92. The summed E-state index contributed by atoms with van der Waals surface area (Å²) in [6.07, 6.45) is 2.79. The van der Waals surface area contributed by atoms with Gasteiger partial charge in [0.2, 0.25) is 0 Å². The van der Waals surface area contributed by atoms with Crippen molar-refractivity contribution in [2.24, 2.45) is 0 Å². The van der Waals surface area contributed by atoms with Crippen LogP contribution in [0.15, 0.2) is 30.5 Å². The van der Waals surface area contributed by atoms with Gasteiger partial charge in [0, 0.05) is 31.3 Å². The van der Waals surface area contributed by atoms with Crippen LogP contribution in [-0.4, -0.2) is 31.9 Å². The summed E-state index contributed by atoms with van der Waals surface area (Å²) >= 11 is 0. The summed E-state index contributed by atoms with van der Waals surface area (Å²) in [7, 11) is 1.68. The van der Waals surface area contributed by atoms with Crippen molar-refractivity contribution in [2.45, 2.75) is 13.3 Å². The Morgan fingerprint density at radius 2 is 2.16 bits per heavy atom. The summed E-state index contributed by atoms with van der Waals surface area (Å²) in [6.45, 7) is 4.42. The lowest BCUT2D eigenvalue weighted by atomic mass is 10.1. The quantitative estimate of drug-likeness (QED) is 0.777. The average molecular weight is 260 g/mol. The predicted molar refractivity (Wildman–Crippen MR) is 77.9 cm³/mol. The van der Waals surface area contributed by atoms with Gasteiger partial charge < -0.3 is 14.8 Å². The highest BCUT2D eigenvalue weighted by Gasteiger charge is 2.03. The number of rotatable bonds is 7. The zero-order valence-corrected chi connectivity index (χ0v) is 11.5. The van der Waals surface area contributed by atoms with Crippen molar-refractivity contribution in [2.75, 3.05) is 32.2 Å². The Kier molecular flexibility index (Phi) is 4.98. The SMILES string of the molecule is CCOCCCNc1nccc2cc(OC)ccc12. The normalized spacial score (nSPS) is 10.6. The smallest absolute Gasteiger partial charge is 0.133 e. The van der Waals surface area contributed by atoms with Gasteiger partial charge in [-0.2, -0.15) is 0 Å². The van der Waals surface area contributed by atoms with E-state index in [0.717, 1.165) is 48.5 Å². The number of ether oxygens (including phenoxy) is 2. The van der Waals surface area contributed by atoms with Crippen LogP contribution < -0.4 is 10.1 Å². The summed E-state index contributed by atoms with van der Waals surface area (Å²) in [5, 5.41) is 5.59. The van der Waals surface area contributed by atoms with Gasteiger partial charge in [0.1, 0.15) is 11.6 Å². The van der Waals surface area contributed by atoms with Crippen LogP contribution in [0, 0.1) is 0 Å². The fraction of sp³-hybridized carbons (Fsp3) is 0.400. The number of fused-ring (bicyclic) bond motifs is 1. The highest BCUT2D eigenvalue weighted by Crippen LogP contribution is 2.25. The van der Waals surface area contributed by atoms with Crippen LogP contribution in [0.3, 0.4) is 0 Å². The second-order valence-corrected chi connectivity index (χ2v) is 4.22. The minimum Gasteiger partial charge on any atom is -0.497 e. The van der Waals surface area contributed by atoms with E-state index in [1.54, 1.807) is 7.11 Å². The molecule has 1 N–H and O–H groups in total. The average Bonchev–Trinajstić information content (AvgIpc) is 2.46. The molecule has 1 heterocycles. The molecular formula is C15H20N2O2. The van der Waals surface area contributed by atoms with Gasteiger partial charge >= 0.3 is 0 Å². The molecule has 0 fully saturated rings. The van der Waals surface area contributed by atoms with Gasteiger partial charge in [-0.15, -0.1) is 0 Å². The Morgan fingerprint density at radius 3 is 2.95 bits per heavy atom. The van der Waals surface area contributed by atoms with Crippen molar-refractivity contribution >= 4 is 16.6 Å². The van der Waals surface area contributed by atoms with Crippen molar-refractivity contribution in [1.82, 2.24) is 4.98 Å². The first-order chi connectivity index (χ1) is 9.35. The molecule has 19 heavy (non-hydrogen) atoms. The third-order valence-electron chi connectivity index (χ3n) is 2.93.